The van der Waals surface area contributed by atoms with Crippen molar-refractivity contribution in [3.05, 3.63) is 29.8 Å². The topological polar surface area (TPSA) is 23.6 Å². The normalized spacial score (nSPS) is 16.3. The fraction of sp³-hybridized carbons (Fsp3) is 0.562. The van der Waals surface area contributed by atoms with E-state index in [2.05, 4.69) is 36.1 Å². The first kappa shape index (κ1) is 13.9. The molecule has 0 saturated carbocycles. The Hall–Kier alpha value is -1.51. The zero-order valence-electron chi connectivity index (χ0n) is 11.8. The van der Waals surface area contributed by atoms with Crippen LogP contribution >= 0.6 is 0 Å². The van der Waals surface area contributed by atoms with Gasteiger partial charge in [-0.2, -0.15) is 0 Å². The summed E-state index contributed by atoms with van der Waals surface area (Å²) in [5.41, 5.74) is 2.71. The summed E-state index contributed by atoms with van der Waals surface area (Å²) in [6.07, 6.45) is 5.70. The molecule has 19 heavy (non-hydrogen) atoms. The molecule has 1 aliphatic heterocycles. The number of aryl methyl sites for hydroxylation is 1. The maximum Gasteiger partial charge on any atom is 0.209 e. The number of carbonyl (C=O) groups excluding carboxylic acids is 1. The second kappa shape index (κ2) is 7.17. The number of rotatable bonds is 5. The number of nitrogens with zero attached hydrogens (tertiary/aromatic N) is 2. The summed E-state index contributed by atoms with van der Waals surface area (Å²) >= 11 is 0. The van der Waals surface area contributed by atoms with Crippen molar-refractivity contribution in [2.24, 2.45) is 0 Å². The summed E-state index contributed by atoms with van der Waals surface area (Å²) < 4.78 is 0. The summed E-state index contributed by atoms with van der Waals surface area (Å²) in [6, 6.07) is 8.93. The van der Waals surface area contributed by atoms with Crippen LogP contribution in [0.3, 0.4) is 0 Å². The minimum atomic E-state index is 0.834. The van der Waals surface area contributed by atoms with Crippen molar-refractivity contribution in [2.45, 2.75) is 32.6 Å². The van der Waals surface area contributed by atoms with Crippen LogP contribution in [-0.2, 0) is 11.2 Å². The van der Waals surface area contributed by atoms with Crippen LogP contribution in [0, 0.1) is 0 Å². The van der Waals surface area contributed by atoms with Crippen LogP contribution in [0.25, 0.3) is 0 Å². The Morgan fingerprint density at radius 1 is 1.11 bits per heavy atom. The van der Waals surface area contributed by atoms with E-state index >= 15 is 0 Å². The number of amides is 1. The minimum absolute atomic E-state index is 0.834. The van der Waals surface area contributed by atoms with Gasteiger partial charge < -0.3 is 9.80 Å². The van der Waals surface area contributed by atoms with E-state index in [4.69, 9.17) is 0 Å². The number of carbonyl (C=O) groups is 1. The molecule has 0 aromatic heterocycles. The van der Waals surface area contributed by atoms with Crippen LogP contribution in [0.1, 0.15) is 31.7 Å². The van der Waals surface area contributed by atoms with Crippen LogP contribution in [0.15, 0.2) is 24.3 Å². The Labute approximate surface area is 116 Å². The van der Waals surface area contributed by atoms with E-state index in [0.717, 1.165) is 39.0 Å². The summed E-state index contributed by atoms with van der Waals surface area (Å²) in [6.45, 7) is 5.92. The number of benzene rings is 1. The molecule has 1 saturated heterocycles. The van der Waals surface area contributed by atoms with Gasteiger partial charge in [0, 0.05) is 31.9 Å². The second-order valence-corrected chi connectivity index (χ2v) is 5.25. The summed E-state index contributed by atoms with van der Waals surface area (Å²) in [5, 5.41) is 0. The summed E-state index contributed by atoms with van der Waals surface area (Å²) in [7, 11) is 0. The number of unbranched alkanes of at least 4 members (excludes halogenated alkanes) is 1. The van der Waals surface area contributed by atoms with E-state index in [0.29, 0.717) is 0 Å². The van der Waals surface area contributed by atoms with Gasteiger partial charge in [-0.25, -0.2) is 0 Å². The monoisotopic (exact) mass is 260 g/mol. The number of hydrogen-bond donors (Lipinski definition) is 0. The van der Waals surface area contributed by atoms with Crippen molar-refractivity contribution in [3.63, 3.8) is 0 Å². The Balaban J connectivity index is 1.95. The van der Waals surface area contributed by atoms with E-state index in [1.54, 1.807) is 0 Å². The third-order valence-corrected chi connectivity index (χ3v) is 3.80. The Morgan fingerprint density at radius 3 is 2.58 bits per heavy atom. The fourth-order valence-electron chi connectivity index (χ4n) is 2.56. The molecule has 1 aromatic rings. The molecule has 104 valence electrons. The lowest BCUT2D eigenvalue weighted by molar-refractivity contribution is -0.117. The molecule has 0 atom stereocenters. The van der Waals surface area contributed by atoms with Gasteiger partial charge in [0.25, 0.3) is 0 Å². The van der Waals surface area contributed by atoms with Gasteiger partial charge in [0.05, 0.1) is 0 Å². The van der Waals surface area contributed by atoms with Gasteiger partial charge in [0.15, 0.2) is 0 Å². The molecule has 0 bridgehead atoms. The molecule has 0 radical (unpaired) electrons. The van der Waals surface area contributed by atoms with Crippen LogP contribution < -0.4 is 4.90 Å². The molecule has 0 aliphatic carbocycles. The maximum absolute atomic E-state index is 10.8. The van der Waals surface area contributed by atoms with E-state index in [-0.39, 0.29) is 0 Å². The number of anilines is 1. The van der Waals surface area contributed by atoms with Crippen molar-refractivity contribution >= 4 is 12.1 Å². The standard InChI is InChI=1S/C16H24N2O/c1-2-3-5-15-6-8-16(9-7-15)18-11-4-10-17(14-19)12-13-18/h6-9,14H,2-5,10-13H2,1H3. The molecule has 2 rings (SSSR count). The molecule has 0 unspecified atom stereocenters. The molecule has 3 heteroatoms. The highest BCUT2D eigenvalue weighted by atomic mass is 16.1. The summed E-state index contributed by atoms with van der Waals surface area (Å²) in [5.74, 6) is 0. The van der Waals surface area contributed by atoms with E-state index in [1.165, 1.54) is 30.5 Å². The first-order valence-corrected chi connectivity index (χ1v) is 7.36. The molecule has 3 nitrogen and oxygen atoms in total. The van der Waals surface area contributed by atoms with Crippen molar-refractivity contribution in [1.29, 1.82) is 0 Å². The minimum Gasteiger partial charge on any atom is -0.370 e. The van der Waals surface area contributed by atoms with E-state index in [9.17, 15) is 4.79 Å². The van der Waals surface area contributed by atoms with Gasteiger partial charge in [-0.3, -0.25) is 4.79 Å². The van der Waals surface area contributed by atoms with E-state index < -0.39 is 0 Å². The van der Waals surface area contributed by atoms with Gasteiger partial charge in [0.2, 0.25) is 6.41 Å². The van der Waals surface area contributed by atoms with Gasteiger partial charge in [0.1, 0.15) is 0 Å². The smallest absolute Gasteiger partial charge is 0.209 e. The quantitative estimate of drug-likeness (QED) is 0.760. The van der Waals surface area contributed by atoms with Gasteiger partial charge in [-0.15, -0.1) is 0 Å². The van der Waals surface area contributed by atoms with E-state index in [1.807, 2.05) is 4.90 Å². The molecule has 0 spiro atoms. The Bertz CT molecular complexity index is 388. The average Bonchev–Trinajstić information content (AvgIpc) is 2.71. The average molecular weight is 260 g/mol. The highest BCUT2D eigenvalue weighted by Crippen LogP contribution is 2.18. The van der Waals surface area contributed by atoms with Gasteiger partial charge in [-0.1, -0.05) is 25.5 Å². The zero-order valence-corrected chi connectivity index (χ0v) is 11.8. The highest BCUT2D eigenvalue weighted by molar-refractivity contribution is 5.50. The highest BCUT2D eigenvalue weighted by Gasteiger charge is 2.13. The SMILES string of the molecule is CCCCc1ccc(N2CCCN(C=O)CC2)cc1. The maximum atomic E-state index is 10.8. The fourth-order valence-corrected chi connectivity index (χ4v) is 2.56. The van der Waals surface area contributed by atoms with Crippen LogP contribution in [0.5, 0.6) is 0 Å². The van der Waals surface area contributed by atoms with Crippen LogP contribution in [0.2, 0.25) is 0 Å². The molecule has 1 heterocycles. The van der Waals surface area contributed by atoms with Gasteiger partial charge in [-0.05, 0) is 37.0 Å². The zero-order chi connectivity index (χ0) is 13.5. The Kier molecular flexibility index (Phi) is 5.25. The van der Waals surface area contributed by atoms with Crippen LogP contribution in [-0.4, -0.2) is 37.5 Å². The van der Waals surface area contributed by atoms with Gasteiger partial charge >= 0.3 is 0 Å². The van der Waals surface area contributed by atoms with Crippen LogP contribution in [0.4, 0.5) is 5.69 Å². The number of hydrogen-bond acceptors (Lipinski definition) is 2. The van der Waals surface area contributed by atoms with Crippen molar-refractivity contribution < 1.29 is 4.79 Å². The largest absolute Gasteiger partial charge is 0.370 e. The van der Waals surface area contributed by atoms with Crippen molar-refractivity contribution in [1.82, 2.24) is 4.90 Å². The molecule has 1 aromatic carbocycles. The molecule has 1 amide bonds. The Morgan fingerprint density at radius 2 is 1.89 bits per heavy atom. The van der Waals surface area contributed by atoms with Crippen molar-refractivity contribution in [3.8, 4) is 0 Å². The van der Waals surface area contributed by atoms with Crippen molar-refractivity contribution in [2.75, 3.05) is 31.1 Å². The molecular formula is C16H24N2O. The molecule has 1 aliphatic rings. The molecular weight excluding hydrogens is 236 g/mol. The third-order valence-electron chi connectivity index (χ3n) is 3.80. The second-order valence-electron chi connectivity index (χ2n) is 5.25. The lowest BCUT2D eigenvalue weighted by atomic mass is 10.1. The predicted molar refractivity (Wildman–Crippen MR) is 79.5 cm³/mol. The lowest BCUT2D eigenvalue weighted by Gasteiger charge is -2.23. The third kappa shape index (κ3) is 3.98. The summed E-state index contributed by atoms with van der Waals surface area (Å²) in [4.78, 5) is 15.1. The molecule has 0 N–H and O–H groups in total. The first-order chi connectivity index (χ1) is 9.33. The lowest BCUT2D eigenvalue weighted by Crippen LogP contribution is -2.29. The molecule has 1 fully saturated rings. The predicted octanol–water partition coefficient (Wildman–Crippen LogP) is 2.70. The first-order valence-electron chi connectivity index (χ1n) is 7.36.